The first-order valence-corrected chi connectivity index (χ1v) is 13.4. The highest BCUT2D eigenvalue weighted by atomic mass is 32.2. The molecule has 2 unspecified atom stereocenters. The fraction of sp³-hybridized carbons (Fsp3) is 1.00. The first-order valence-electron chi connectivity index (χ1n) is 8.63. The van der Waals surface area contributed by atoms with Gasteiger partial charge in [0.05, 0.1) is 26.1 Å². The van der Waals surface area contributed by atoms with Crippen LogP contribution in [0.15, 0.2) is 0 Å². The van der Waals surface area contributed by atoms with Crippen LogP contribution < -0.4 is 0 Å². The molecule has 0 N–H and O–H groups in total. The van der Waals surface area contributed by atoms with Gasteiger partial charge in [-0.1, -0.05) is 20.8 Å². The molecule has 1 heterocycles. The van der Waals surface area contributed by atoms with Gasteiger partial charge in [-0.3, -0.25) is 4.18 Å². The van der Waals surface area contributed by atoms with E-state index < -0.39 is 24.2 Å². The van der Waals surface area contributed by atoms with Crippen molar-refractivity contribution in [2.45, 2.75) is 57.5 Å². The van der Waals surface area contributed by atoms with Crippen molar-refractivity contribution in [3.63, 3.8) is 0 Å². The Bertz CT molecular complexity index is 533. The molecule has 1 saturated heterocycles. The summed E-state index contributed by atoms with van der Waals surface area (Å²) in [5.74, 6) is -0.648. The summed E-state index contributed by atoms with van der Waals surface area (Å²) in [6.07, 6.45) is 2.73. The van der Waals surface area contributed by atoms with Crippen LogP contribution in [-0.2, 0) is 28.2 Å². The summed E-state index contributed by atoms with van der Waals surface area (Å²) in [6, 6.07) is 0. The van der Waals surface area contributed by atoms with Gasteiger partial charge < -0.3 is 13.9 Å². The smallest absolute Gasteiger partial charge is 0.264 e. The second-order valence-electron chi connectivity index (χ2n) is 8.47. The molecule has 1 spiro atoms. The molecule has 2 atom stereocenters. The Balaban J connectivity index is 2.07. The number of hydrogen-bond donors (Lipinski definition) is 0. The van der Waals surface area contributed by atoms with Crippen LogP contribution in [0.2, 0.25) is 18.1 Å². The summed E-state index contributed by atoms with van der Waals surface area (Å²) < 4.78 is 46.0. The van der Waals surface area contributed by atoms with Gasteiger partial charge in [-0.15, -0.1) is 0 Å². The maximum Gasteiger partial charge on any atom is 0.264 e. The number of ether oxygens (including phenoxy) is 2. The molecular weight excluding hydrogens is 348 g/mol. The van der Waals surface area contributed by atoms with Crippen LogP contribution >= 0.6 is 0 Å². The summed E-state index contributed by atoms with van der Waals surface area (Å²) in [5.41, 5.74) is 0. The second-order valence-corrected chi connectivity index (χ2v) is 14.9. The highest BCUT2D eigenvalue weighted by Crippen LogP contribution is 2.47. The fourth-order valence-corrected chi connectivity index (χ4v) is 4.61. The van der Waals surface area contributed by atoms with Gasteiger partial charge in [-0.25, -0.2) is 0 Å². The molecule has 0 amide bonds. The Hall–Kier alpha value is 0.00688. The molecule has 0 bridgehead atoms. The Morgan fingerprint density at radius 1 is 1.17 bits per heavy atom. The topological polar surface area (TPSA) is 71.1 Å². The predicted molar refractivity (Wildman–Crippen MR) is 94.8 cm³/mol. The van der Waals surface area contributed by atoms with Crippen LogP contribution in [0.3, 0.4) is 0 Å². The average Bonchev–Trinajstić information content (AvgIpc) is 3.01. The van der Waals surface area contributed by atoms with E-state index in [4.69, 9.17) is 18.1 Å². The molecule has 6 nitrogen and oxygen atoms in total. The lowest BCUT2D eigenvalue weighted by molar-refractivity contribution is -0.192. The third-order valence-electron chi connectivity index (χ3n) is 5.70. The summed E-state index contributed by atoms with van der Waals surface area (Å²) >= 11 is 0. The zero-order valence-electron chi connectivity index (χ0n) is 15.8. The minimum Gasteiger partial charge on any atom is -0.417 e. The van der Waals surface area contributed by atoms with E-state index in [2.05, 4.69) is 33.9 Å². The Labute approximate surface area is 147 Å². The van der Waals surface area contributed by atoms with Crippen molar-refractivity contribution in [2.75, 3.05) is 32.7 Å². The molecule has 24 heavy (non-hydrogen) atoms. The first kappa shape index (κ1) is 20.3. The van der Waals surface area contributed by atoms with Crippen LogP contribution in [0.25, 0.3) is 0 Å². The van der Waals surface area contributed by atoms with Crippen LogP contribution in [0.1, 0.15) is 33.6 Å². The van der Waals surface area contributed by atoms with E-state index in [0.29, 0.717) is 19.8 Å². The number of rotatable bonds is 6. The third kappa shape index (κ3) is 4.59. The predicted octanol–water partition coefficient (Wildman–Crippen LogP) is 2.75. The minimum atomic E-state index is -3.49. The lowest BCUT2D eigenvalue weighted by atomic mass is 9.94. The maximum atomic E-state index is 11.4. The van der Waals surface area contributed by atoms with Crippen LogP contribution in [0.4, 0.5) is 0 Å². The zero-order valence-corrected chi connectivity index (χ0v) is 17.6. The maximum absolute atomic E-state index is 11.4. The van der Waals surface area contributed by atoms with Gasteiger partial charge in [0.1, 0.15) is 0 Å². The van der Waals surface area contributed by atoms with E-state index in [9.17, 15) is 8.42 Å². The molecule has 1 saturated carbocycles. The zero-order chi connectivity index (χ0) is 18.2. The van der Waals surface area contributed by atoms with E-state index in [0.717, 1.165) is 19.1 Å². The highest BCUT2D eigenvalue weighted by molar-refractivity contribution is 7.85. The lowest BCUT2D eigenvalue weighted by Crippen LogP contribution is -2.44. The third-order valence-corrected chi connectivity index (χ3v) is 10.8. The summed E-state index contributed by atoms with van der Waals surface area (Å²) in [4.78, 5) is 0. The molecule has 0 aromatic rings. The van der Waals surface area contributed by atoms with Crippen molar-refractivity contribution in [2.24, 2.45) is 11.8 Å². The van der Waals surface area contributed by atoms with E-state index in [1.807, 2.05) is 0 Å². The molecule has 2 fully saturated rings. The second kappa shape index (κ2) is 6.96. The van der Waals surface area contributed by atoms with Crippen LogP contribution in [0, 0.1) is 11.8 Å². The van der Waals surface area contributed by atoms with Crippen molar-refractivity contribution >= 4 is 18.4 Å². The molecule has 1 aliphatic heterocycles. The lowest BCUT2D eigenvalue weighted by Gasteiger charge is -2.38. The van der Waals surface area contributed by atoms with Gasteiger partial charge in [0.2, 0.25) is 0 Å². The standard InChI is InChI=1S/C16H32O6SSi/c1-15(2,3)24(5,6)22-11-13-7-8-16(19-9-10-20-16)14(13)12-21-23(4,17)18/h13-14H,7-12H2,1-6H3. The van der Waals surface area contributed by atoms with Gasteiger partial charge in [0, 0.05) is 18.9 Å². The van der Waals surface area contributed by atoms with Crippen molar-refractivity contribution < 1.29 is 26.5 Å². The summed E-state index contributed by atoms with van der Waals surface area (Å²) in [6.45, 7) is 12.9. The highest BCUT2D eigenvalue weighted by Gasteiger charge is 2.53. The van der Waals surface area contributed by atoms with Crippen molar-refractivity contribution in [1.82, 2.24) is 0 Å². The fourth-order valence-electron chi connectivity index (χ4n) is 3.15. The van der Waals surface area contributed by atoms with E-state index >= 15 is 0 Å². The molecule has 142 valence electrons. The molecular formula is C16H32O6SSi. The number of hydrogen-bond acceptors (Lipinski definition) is 6. The van der Waals surface area contributed by atoms with Crippen LogP contribution in [-0.4, -0.2) is 55.2 Å². The Morgan fingerprint density at radius 3 is 2.25 bits per heavy atom. The van der Waals surface area contributed by atoms with Gasteiger partial charge in [0.15, 0.2) is 14.1 Å². The minimum absolute atomic E-state index is 0.0877. The molecule has 0 radical (unpaired) electrons. The van der Waals surface area contributed by atoms with Gasteiger partial charge in [-0.2, -0.15) is 8.42 Å². The van der Waals surface area contributed by atoms with E-state index in [-0.39, 0.29) is 23.5 Å². The molecule has 2 rings (SSSR count). The monoisotopic (exact) mass is 380 g/mol. The molecule has 1 aliphatic carbocycles. The molecule has 2 aliphatic rings. The average molecular weight is 381 g/mol. The van der Waals surface area contributed by atoms with Crippen molar-refractivity contribution in [3.05, 3.63) is 0 Å². The summed E-state index contributed by atoms with van der Waals surface area (Å²) in [7, 11) is -5.34. The molecule has 8 heteroatoms. The molecule has 0 aromatic heterocycles. The Morgan fingerprint density at radius 2 is 1.75 bits per heavy atom. The van der Waals surface area contributed by atoms with Gasteiger partial charge in [0.25, 0.3) is 10.1 Å². The van der Waals surface area contributed by atoms with Crippen molar-refractivity contribution in [3.8, 4) is 0 Å². The van der Waals surface area contributed by atoms with Crippen molar-refractivity contribution in [1.29, 1.82) is 0 Å². The van der Waals surface area contributed by atoms with Crippen LogP contribution in [0.5, 0.6) is 0 Å². The Kier molecular flexibility index (Phi) is 5.89. The quantitative estimate of drug-likeness (QED) is 0.521. The first-order chi connectivity index (χ1) is 10.9. The largest absolute Gasteiger partial charge is 0.417 e. The van der Waals surface area contributed by atoms with Gasteiger partial charge >= 0.3 is 0 Å². The SMILES string of the molecule is CC(C)(C)[Si](C)(C)OCC1CCC2(OCCO2)C1COS(C)(=O)=O. The van der Waals surface area contributed by atoms with E-state index in [1.165, 1.54) is 0 Å². The molecule has 0 aromatic carbocycles. The van der Waals surface area contributed by atoms with E-state index in [1.54, 1.807) is 0 Å². The van der Waals surface area contributed by atoms with Gasteiger partial charge in [-0.05, 0) is 30.5 Å². The summed E-state index contributed by atoms with van der Waals surface area (Å²) in [5, 5.41) is 0.141. The normalized spacial score (nSPS) is 27.9.